The molecule has 0 aliphatic carbocycles. The minimum absolute atomic E-state index is 0.118. The standard InChI is InChI=1S/C14H16ClN3OS/c1-10(12-4-2-3-8-16-12)18-14(19)17-9-7-11-5-6-13(15)20-11/h2-6,8,10H,7,9H2,1H3,(H2,17,18,19). The van der Waals surface area contributed by atoms with Gasteiger partial charge in [0.15, 0.2) is 0 Å². The van der Waals surface area contributed by atoms with Crippen molar-refractivity contribution in [2.75, 3.05) is 6.54 Å². The zero-order valence-electron chi connectivity index (χ0n) is 11.1. The van der Waals surface area contributed by atoms with Gasteiger partial charge in [0.25, 0.3) is 0 Å². The van der Waals surface area contributed by atoms with Crippen molar-refractivity contribution < 1.29 is 4.79 Å². The summed E-state index contributed by atoms with van der Waals surface area (Å²) in [6.07, 6.45) is 2.49. The van der Waals surface area contributed by atoms with Gasteiger partial charge in [-0.05, 0) is 37.6 Å². The van der Waals surface area contributed by atoms with Crippen LogP contribution in [0.5, 0.6) is 0 Å². The van der Waals surface area contributed by atoms with Gasteiger partial charge in [-0.2, -0.15) is 0 Å². The fraction of sp³-hybridized carbons (Fsp3) is 0.286. The molecule has 2 aromatic heterocycles. The lowest BCUT2D eigenvalue weighted by molar-refractivity contribution is 0.238. The Morgan fingerprint density at radius 1 is 1.40 bits per heavy atom. The van der Waals surface area contributed by atoms with Crippen LogP contribution < -0.4 is 10.6 Å². The van der Waals surface area contributed by atoms with Gasteiger partial charge in [-0.25, -0.2) is 4.79 Å². The molecule has 2 heterocycles. The second kappa shape index (κ2) is 7.26. The highest BCUT2D eigenvalue weighted by molar-refractivity contribution is 7.16. The van der Waals surface area contributed by atoms with Crippen molar-refractivity contribution in [2.24, 2.45) is 0 Å². The third kappa shape index (κ3) is 4.51. The summed E-state index contributed by atoms with van der Waals surface area (Å²) in [6.45, 7) is 2.48. The van der Waals surface area contributed by atoms with Crippen LogP contribution in [-0.2, 0) is 6.42 Å². The second-order valence-corrected chi connectivity index (χ2v) is 6.13. The fourth-order valence-electron chi connectivity index (χ4n) is 1.74. The molecule has 2 N–H and O–H groups in total. The Kier molecular flexibility index (Phi) is 5.38. The summed E-state index contributed by atoms with van der Waals surface area (Å²) in [5, 5.41) is 5.68. The number of hydrogen-bond donors (Lipinski definition) is 2. The number of carbonyl (C=O) groups is 1. The summed E-state index contributed by atoms with van der Waals surface area (Å²) in [4.78, 5) is 17.1. The van der Waals surface area contributed by atoms with Gasteiger partial charge < -0.3 is 10.6 Å². The number of urea groups is 1. The van der Waals surface area contributed by atoms with Gasteiger partial charge in [0.1, 0.15) is 0 Å². The van der Waals surface area contributed by atoms with Crippen molar-refractivity contribution in [3.8, 4) is 0 Å². The lowest BCUT2D eigenvalue weighted by atomic mass is 10.2. The molecule has 1 unspecified atom stereocenters. The smallest absolute Gasteiger partial charge is 0.315 e. The van der Waals surface area contributed by atoms with Gasteiger partial charge in [-0.3, -0.25) is 4.98 Å². The Labute approximate surface area is 127 Å². The molecule has 2 rings (SSSR count). The van der Waals surface area contributed by atoms with Crippen LogP contribution >= 0.6 is 22.9 Å². The fourth-order valence-corrected chi connectivity index (χ4v) is 2.83. The van der Waals surface area contributed by atoms with Crippen molar-refractivity contribution in [1.82, 2.24) is 15.6 Å². The molecule has 0 fully saturated rings. The quantitative estimate of drug-likeness (QED) is 0.889. The topological polar surface area (TPSA) is 54.0 Å². The van der Waals surface area contributed by atoms with Crippen LogP contribution in [0, 0.1) is 0 Å². The summed E-state index contributed by atoms with van der Waals surface area (Å²) in [5.41, 5.74) is 0.840. The van der Waals surface area contributed by atoms with Crippen LogP contribution in [0.25, 0.3) is 0 Å². The molecule has 6 heteroatoms. The number of nitrogens with one attached hydrogen (secondary N) is 2. The van der Waals surface area contributed by atoms with E-state index in [1.54, 1.807) is 6.20 Å². The summed E-state index contributed by atoms with van der Waals surface area (Å²) < 4.78 is 0.772. The summed E-state index contributed by atoms with van der Waals surface area (Å²) >= 11 is 7.38. The minimum atomic E-state index is -0.189. The Hall–Kier alpha value is -1.59. The highest BCUT2D eigenvalue weighted by atomic mass is 35.5. The molecule has 0 saturated carbocycles. The van der Waals surface area contributed by atoms with Crippen molar-refractivity contribution >= 4 is 29.0 Å². The average Bonchev–Trinajstić information content (AvgIpc) is 2.85. The van der Waals surface area contributed by atoms with Gasteiger partial charge in [0, 0.05) is 17.6 Å². The highest BCUT2D eigenvalue weighted by Gasteiger charge is 2.09. The molecule has 0 bridgehead atoms. The molecule has 4 nitrogen and oxygen atoms in total. The van der Waals surface area contributed by atoms with E-state index in [4.69, 9.17) is 11.6 Å². The zero-order chi connectivity index (χ0) is 14.4. The van der Waals surface area contributed by atoms with E-state index < -0.39 is 0 Å². The predicted molar refractivity (Wildman–Crippen MR) is 82.2 cm³/mol. The number of amides is 2. The van der Waals surface area contributed by atoms with Crippen molar-refractivity contribution in [2.45, 2.75) is 19.4 Å². The molecule has 106 valence electrons. The average molecular weight is 310 g/mol. The highest BCUT2D eigenvalue weighted by Crippen LogP contribution is 2.21. The van der Waals surface area contributed by atoms with Crippen LogP contribution in [0.1, 0.15) is 23.5 Å². The maximum atomic E-state index is 11.7. The van der Waals surface area contributed by atoms with Crippen LogP contribution in [0.15, 0.2) is 36.5 Å². The second-order valence-electron chi connectivity index (χ2n) is 4.33. The van der Waals surface area contributed by atoms with E-state index in [1.165, 1.54) is 11.3 Å². The van der Waals surface area contributed by atoms with Crippen molar-refractivity contribution in [3.05, 3.63) is 51.4 Å². The molecular formula is C14H16ClN3OS. The molecule has 0 radical (unpaired) electrons. The monoisotopic (exact) mass is 309 g/mol. The van der Waals surface area contributed by atoms with Crippen LogP contribution in [-0.4, -0.2) is 17.6 Å². The van der Waals surface area contributed by atoms with Crippen molar-refractivity contribution in [1.29, 1.82) is 0 Å². The van der Waals surface area contributed by atoms with E-state index in [2.05, 4.69) is 15.6 Å². The zero-order valence-corrected chi connectivity index (χ0v) is 12.7. The molecule has 0 spiro atoms. The third-order valence-electron chi connectivity index (χ3n) is 2.76. The maximum absolute atomic E-state index is 11.7. The molecule has 2 amide bonds. The number of hydrogen-bond acceptors (Lipinski definition) is 3. The van der Waals surface area contributed by atoms with Gasteiger partial charge in [0.2, 0.25) is 0 Å². The largest absolute Gasteiger partial charge is 0.338 e. The Morgan fingerprint density at radius 2 is 2.25 bits per heavy atom. The lowest BCUT2D eigenvalue weighted by Crippen LogP contribution is -2.38. The summed E-state index contributed by atoms with van der Waals surface area (Å²) in [7, 11) is 0. The number of halogens is 1. The first-order valence-corrected chi connectivity index (χ1v) is 7.54. The molecule has 0 saturated heterocycles. The molecule has 20 heavy (non-hydrogen) atoms. The summed E-state index contributed by atoms with van der Waals surface area (Å²) in [5.74, 6) is 0. The molecule has 2 aromatic rings. The van der Waals surface area contributed by atoms with Crippen LogP contribution in [0.2, 0.25) is 4.34 Å². The van der Waals surface area contributed by atoms with Gasteiger partial charge in [0.05, 0.1) is 16.1 Å². The van der Waals surface area contributed by atoms with Crippen LogP contribution in [0.3, 0.4) is 0 Å². The lowest BCUT2D eigenvalue weighted by Gasteiger charge is -2.13. The number of rotatable bonds is 5. The number of pyridine rings is 1. The molecule has 0 aliphatic rings. The SMILES string of the molecule is CC(NC(=O)NCCc1ccc(Cl)s1)c1ccccn1. The van der Waals surface area contributed by atoms with E-state index in [0.717, 1.165) is 21.3 Å². The maximum Gasteiger partial charge on any atom is 0.315 e. The molecule has 1 atom stereocenters. The normalized spacial score (nSPS) is 11.9. The predicted octanol–water partition coefficient (Wildman–Crippen LogP) is 3.40. The van der Waals surface area contributed by atoms with E-state index in [-0.39, 0.29) is 12.1 Å². The third-order valence-corrected chi connectivity index (χ3v) is 4.06. The number of nitrogens with zero attached hydrogens (tertiary/aromatic N) is 1. The number of thiophene rings is 1. The van der Waals surface area contributed by atoms with Crippen molar-refractivity contribution in [3.63, 3.8) is 0 Å². The first kappa shape index (κ1) is 14.8. The minimum Gasteiger partial charge on any atom is -0.338 e. The van der Waals surface area contributed by atoms with E-state index in [0.29, 0.717) is 6.54 Å². The Balaban J connectivity index is 1.73. The Morgan fingerprint density at radius 3 is 2.90 bits per heavy atom. The summed E-state index contributed by atoms with van der Waals surface area (Å²) in [6, 6.07) is 9.17. The van der Waals surface area contributed by atoms with Crippen LogP contribution in [0.4, 0.5) is 4.79 Å². The molecule has 0 aromatic carbocycles. The van der Waals surface area contributed by atoms with E-state index >= 15 is 0 Å². The molecular weight excluding hydrogens is 294 g/mol. The van der Waals surface area contributed by atoms with Gasteiger partial charge in [-0.15, -0.1) is 11.3 Å². The van der Waals surface area contributed by atoms with E-state index in [9.17, 15) is 4.79 Å². The first-order valence-electron chi connectivity index (χ1n) is 6.34. The number of carbonyl (C=O) groups excluding carboxylic acids is 1. The number of aromatic nitrogens is 1. The van der Waals surface area contributed by atoms with Gasteiger partial charge in [-0.1, -0.05) is 17.7 Å². The first-order chi connectivity index (χ1) is 9.65. The molecule has 0 aliphatic heterocycles. The Bertz CT molecular complexity index is 559. The van der Waals surface area contributed by atoms with E-state index in [1.807, 2.05) is 37.3 Å². The van der Waals surface area contributed by atoms with Gasteiger partial charge >= 0.3 is 6.03 Å².